The van der Waals surface area contributed by atoms with Crippen LogP contribution in [0.15, 0.2) is 18.3 Å². The molecule has 3 nitrogen and oxygen atoms in total. The highest BCUT2D eigenvalue weighted by Crippen LogP contribution is 2.13. The maximum Gasteiger partial charge on any atom is 0.128 e. The van der Waals surface area contributed by atoms with E-state index in [2.05, 4.69) is 10.3 Å². The third-order valence-electron chi connectivity index (χ3n) is 2.41. The molecule has 0 bridgehead atoms. The van der Waals surface area contributed by atoms with Gasteiger partial charge in [-0.3, -0.25) is 0 Å². The normalized spacial score (nSPS) is 14.9. The summed E-state index contributed by atoms with van der Waals surface area (Å²) >= 11 is 0. The lowest BCUT2D eigenvalue weighted by Gasteiger charge is -2.22. The molecular weight excluding hydrogens is 176 g/mol. The molecule has 1 aromatic rings. The molecule has 1 rings (SSSR count). The van der Waals surface area contributed by atoms with Crippen molar-refractivity contribution in [1.82, 2.24) is 4.98 Å². The lowest BCUT2D eigenvalue weighted by molar-refractivity contribution is 0.0696. The van der Waals surface area contributed by atoms with Gasteiger partial charge >= 0.3 is 0 Å². The summed E-state index contributed by atoms with van der Waals surface area (Å²) in [6.45, 7) is 6.31. The van der Waals surface area contributed by atoms with Crippen molar-refractivity contribution in [2.24, 2.45) is 0 Å². The molecule has 78 valence electrons. The van der Waals surface area contributed by atoms with Crippen molar-refractivity contribution in [2.75, 3.05) is 11.9 Å². The van der Waals surface area contributed by atoms with Crippen LogP contribution in [-0.2, 0) is 0 Å². The van der Waals surface area contributed by atoms with Crippen LogP contribution in [0.5, 0.6) is 0 Å². The van der Waals surface area contributed by atoms with Crippen LogP contribution >= 0.6 is 0 Å². The van der Waals surface area contributed by atoms with Gasteiger partial charge in [-0.25, -0.2) is 4.98 Å². The molecule has 0 aliphatic carbocycles. The Labute approximate surface area is 85.2 Å². The Morgan fingerprint density at radius 3 is 2.86 bits per heavy atom. The number of pyridine rings is 1. The Morgan fingerprint density at radius 1 is 1.57 bits per heavy atom. The first-order chi connectivity index (χ1) is 6.55. The summed E-state index contributed by atoms with van der Waals surface area (Å²) in [5.74, 6) is 0.848. The first kappa shape index (κ1) is 11.0. The Balaban J connectivity index is 2.58. The van der Waals surface area contributed by atoms with E-state index in [9.17, 15) is 5.11 Å². The minimum absolute atomic E-state index is 0.529. The highest BCUT2D eigenvalue weighted by Gasteiger charge is 2.17. The molecule has 0 aromatic carbocycles. The highest BCUT2D eigenvalue weighted by molar-refractivity contribution is 5.42. The summed E-state index contributed by atoms with van der Waals surface area (Å²) in [4.78, 5) is 4.19. The predicted molar refractivity (Wildman–Crippen MR) is 58.4 cm³/mol. The lowest BCUT2D eigenvalue weighted by atomic mass is 10.0. The third-order valence-corrected chi connectivity index (χ3v) is 2.41. The van der Waals surface area contributed by atoms with Crippen LogP contribution < -0.4 is 5.32 Å². The molecule has 0 saturated carbocycles. The zero-order chi connectivity index (χ0) is 10.6. The second-order valence-corrected chi connectivity index (χ2v) is 3.87. The molecule has 0 radical (unpaired) electrons. The Bertz CT molecular complexity index is 297. The Kier molecular flexibility index (Phi) is 3.47. The fourth-order valence-corrected chi connectivity index (χ4v) is 1.07. The van der Waals surface area contributed by atoms with Gasteiger partial charge in [0.1, 0.15) is 5.82 Å². The number of anilines is 1. The van der Waals surface area contributed by atoms with Gasteiger partial charge in [0, 0.05) is 12.7 Å². The van der Waals surface area contributed by atoms with Crippen molar-refractivity contribution in [3.63, 3.8) is 0 Å². The van der Waals surface area contributed by atoms with E-state index in [4.69, 9.17) is 0 Å². The summed E-state index contributed by atoms with van der Waals surface area (Å²) in [5.41, 5.74) is 0.434. The third kappa shape index (κ3) is 3.00. The van der Waals surface area contributed by atoms with Crippen molar-refractivity contribution < 1.29 is 5.11 Å². The van der Waals surface area contributed by atoms with E-state index in [0.717, 1.165) is 17.8 Å². The lowest BCUT2D eigenvalue weighted by Crippen LogP contribution is -2.32. The van der Waals surface area contributed by atoms with Crippen molar-refractivity contribution >= 4 is 5.82 Å². The number of rotatable bonds is 4. The Morgan fingerprint density at radius 2 is 2.29 bits per heavy atom. The molecule has 1 aromatic heterocycles. The molecule has 1 unspecified atom stereocenters. The number of aliphatic hydroxyl groups is 1. The molecule has 1 heterocycles. The minimum atomic E-state index is -0.663. The van der Waals surface area contributed by atoms with Crippen LogP contribution in [0.2, 0.25) is 0 Å². The molecule has 14 heavy (non-hydrogen) atoms. The van der Waals surface area contributed by atoms with Gasteiger partial charge in [-0.1, -0.05) is 13.0 Å². The number of hydrogen-bond acceptors (Lipinski definition) is 3. The predicted octanol–water partition coefficient (Wildman–Crippen LogP) is 1.96. The van der Waals surface area contributed by atoms with Crippen molar-refractivity contribution in [1.29, 1.82) is 0 Å². The van der Waals surface area contributed by atoms with E-state index in [0.29, 0.717) is 6.54 Å². The summed E-state index contributed by atoms with van der Waals surface area (Å²) < 4.78 is 0. The average molecular weight is 194 g/mol. The standard InChI is InChI=1S/C11H18N2O/c1-4-11(3,14)8-13-10-9(2)6-5-7-12-10/h5-7,14H,4,8H2,1-3H3,(H,12,13). The fourth-order valence-electron chi connectivity index (χ4n) is 1.07. The summed E-state index contributed by atoms with van der Waals surface area (Å²) in [5, 5.41) is 12.9. The molecular formula is C11H18N2O. The maximum atomic E-state index is 9.79. The second-order valence-electron chi connectivity index (χ2n) is 3.87. The van der Waals surface area contributed by atoms with Crippen LogP contribution in [0.25, 0.3) is 0 Å². The maximum absolute atomic E-state index is 9.79. The van der Waals surface area contributed by atoms with Crippen LogP contribution in [0.3, 0.4) is 0 Å². The number of nitrogens with zero attached hydrogens (tertiary/aromatic N) is 1. The monoisotopic (exact) mass is 194 g/mol. The molecule has 0 fully saturated rings. The van der Waals surface area contributed by atoms with Gasteiger partial charge in [-0.15, -0.1) is 0 Å². The SMILES string of the molecule is CCC(C)(O)CNc1ncccc1C. The highest BCUT2D eigenvalue weighted by atomic mass is 16.3. The molecule has 1 atom stereocenters. The zero-order valence-corrected chi connectivity index (χ0v) is 9.04. The molecule has 0 aliphatic heterocycles. The minimum Gasteiger partial charge on any atom is -0.388 e. The van der Waals surface area contributed by atoms with Crippen molar-refractivity contribution in [3.05, 3.63) is 23.9 Å². The quantitative estimate of drug-likeness (QED) is 0.770. The first-order valence-electron chi connectivity index (χ1n) is 4.93. The van der Waals surface area contributed by atoms with E-state index in [1.165, 1.54) is 0 Å². The largest absolute Gasteiger partial charge is 0.388 e. The average Bonchev–Trinajstić information content (AvgIpc) is 2.17. The number of aromatic nitrogens is 1. The second kappa shape index (κ2) is 4.42. The van der Waals surface area contributed by atoms with E-state index in [1.54, 1.807) is 6.20 Å². The Hall–Kier alpha value is -1.09. The van der Waals surface area contributed by atoms with Gasteiger partial charge in [0.2, 0.25) is 0 Å². The zero-order valence-electron chi connectivity index (χ0n) is 9.04. The van der Waals surface area contributed by atoms with Gasteiger partial charge in [-0.2, -0.15) is 0 Å². The summed E-state index contributed by atoms with van der Waals surface area (Å²) in [6.07, 6.45) is 2.47. The van der Waals surface area contributed by atoms with Gasteiger partial charge in [-0.05, 0) is 31.9 Å². The van der Waals surface area contributed by atoms with Gasteiger partial charge < -0.3 is 10.4 Å². The van der Waals surface area contributed by atoms with Gasteiger partial charge in [0.05, 0.1) is 5.60 Å². The molecule has 0 aliphatic rings. The van der Waals surface area contributed by atoms with Crippen LogP contribution in [0.4, 0.5) is 5.82 Å². The van der Waals surface area contributed by atoms with E-state index in [-0.39, 0.29) is 0 Å². The molecule has 0 amide bonds. The van der Waals surface area contributed by atoms with Crippen molar-refractivity contribution in [3.8, 4) is 0 Å². The topological polar surface area (TPSA) is 45.1 Å². The van der Waals surface area contributed by atoms with Crippen LogP contribution in [0, 0.1) is 6.92 Å². The summed E-state index contributed by atoms with van der Waals surface area (Å²) in [6, 6.07) is 3.90. The molecule has 0 saturated heterocycles. The van der Waals surface area contributed by atoms with E-state index in [1.807, 2.05) is 32.9 Å². The number of hydrogen-bond donors (Lipinski definition) is 2. The summed E-state index contributed by atoms with van der Waals surface area (Å²) in [7, 11) is 0. The molecule has 3 heteroatoms. The number of nitrogens with one attached hydrogen (secondary N) is 1. The van der Waals surface area contributed by atoms with E-state index < -0.39 is 5.60 Å². The van der Waals surface area contributed by atoms with Crippen molar-refractivity contribution in [2.45, 2.75) is 32.8 Å². The van der Waals surface area contributed by atoms with Crippen LogP contribution in [0.1, 0.15) is 25.8 Å². The van der Waals surface area contributed by atoms with Gasteiger partial charge in [0.25, 0.3) is 0 Å². The molecule has 0 spiro atoms. The van der Waals surface area contributed by atoms with Crippen LogP contribution in [-0.4, -0.2) is 22.2 Å². The molecule has 2 N–H and O–H groups in total. The van der Waals surface area contributed by atoms with E-state index >= 15 is 0 Å². The van der Waals surface area contributed by atoms with Gasteiger partial charge in [0.15, 0.2) is 0 Å². The fraction of sp³-hybridized carbons (Fsp3) is 0.545. The number of aryl methyl sites for hydroxylation is 1. The smallest absolute Gasteiger partial charge is 0.128 e. The first-order valence-corrected chi connectivity index (χ1v) is 4.93.